The van der Waals surface area contributed by atoms with E-state index in [4.69, 9.17) is 0 Å². The summed E-state index contributed by atoms with van der Waals surface area (Å²) in [5, 5.41) is 12.1. The Hall–Kier alpha value is -3.68. The highest BCUT2D eigenvalue weighted by atomic mass is 16.6. The van der Waals surface area contributed by atoms with Crippen molar-refractivity contribution in [2.45, 2.75) is 38.3 Å². The second kappa shape index (κ2) is 7.23. The summed E-state index contributed by atoms with van der Waals surface area (Å²) in [7, 11) is 0. The van der Waals surface area contributed by atoms with Gasteiger partial charge in [-0.2, -0.15) is 0 Å². The predicted octanol–water partition coefficient (Wildman–Crippen LogP) is 4.15. The highest BCUT2D eigenvalue weighted by Gasteiger charge is 2.52. The number of non-ortho nitro benzene ring substituents is 1. The summed E-state index contributed by atoms with van der Waals surface area (Å²) in [5.41, 5.74) is 3.56. The summed E-state index contributed by atoms with van der Waals surface area (Å²) in [6, 6.07) is 12.7. The number of urea groups is 1. The van der Waals surface area contributed by atoms with E-state index in [9.17, 15) is 19.7 Å². The van der Waals surface area contributed by atoms with Crippen LogP contribution in [0.5, 0.6) is 0 Å². The van der Waals surface area contributed by atoms with Crippen molar-refractivity contribution in [2.75, 3.05) is 6.54 Å². The van der Waals surface area contributed by atoms with E-state index in [1.165, 1.54) is 17.0 Å². The number of aromatic amines is 1. The lowest BCUT2D eigenvalue weighted by atomic mass is 9.89. The first-order valence-electron chi connectivity index (χ1n) is 10.5. The second-order valence-electron chi connectivity index (χ2n) is 8.07. The monoisotopic (exact) mass is 418 g/mol. The SMILES string of the molecule is CCCCN1C(=O)[C@@H]2Cc3c([nH]c4ccccc34)[C@@H](c3ccc([N+](=O)[O-])cc3)N2C1=O. The molecule has 2 atom stereocenters. The molecule has 3 aromatic rings. The first-order chi connectivity index (χ1) is 15.0. The Kier molecular flexibility index (Phi) is 4.50. The first kappa shape index (κ1) is 19.3. The number of carbonyl (C=O) groups excluding carboxylic acids is 2. The van der Waals surface area contributed by atoms with Gasteiger partial charge in [0.15, 0.2) is 0 Å². The molecule has 5 rings (SSSR count). The molecule has 158 valence electrons. The van der Waals surface area contributed by atoms with Crippen molar-refractivity contribution in [3.63, 3.8) is 0 Å². The van der Waals surface area contributed by atoms with Gasteiger partial charge in [0.25, 0.3) is 11.6 Å². The normalized spacial score (nSPS) is 20.3. The van der Waals surface area contributed by atoms with Crippen LogP contribution >= 0.6 is 0 Å². The average molecular weight is 418 g/mol. The van der Waals surface area contributed by atoms with Crippen molar-refractivity contribution in [3.05, 3.63) is 75.5 Å². The number of benzene rings is 2. The van der Waals surface area contributed by atoms with Gasteiger partial charge < -0.3 is 4.98 Å². The van der Waals surface area contributed by atoms with Gasteiger partial charge in [0, 0.05) is 41.7 Å². The van der Waals surface area contributed by atoms with E-state index < -0.39 is 17.0 Å². The molecule has 2 aliphatic heterocycles. The maximum Gasteiger partial charge on any atom is 0.328 e. The maximum atomic E-state index is 13.3. The third-order valence-electron chi connectivity index (χ3n) is 6.29. The van der Waals surface area contributed by atoms with Crippen LogP contribution in [0, 0.1) is 10.1 Å². The van der Waals surface area contributed by atoms with Gasteiger partial charge in [-0.25, -0.2) is 4.79 Å². The number of hydrogen-bond donors (Lipinski definition) is 1. The van der Waals surface area contributed by atoms with Crippen molar-refractivity contribution < 1.29 is 14.5 Å². The van der Waals surface area contributed by atoms with Crippen LogP contribution in [0.2, 0.25) is 0 Å². The third kappa shape index (κ3) is 2.90. The second-order valence-corrected chi connectivity index (χ2v) is 8.07. The van der Waals surface area contributed by atoms with Crippen molar-refractivity contribution in [1.82, 2.24) is 14.8 Å². The van der Waals surface area contributed by atoms with Crippen molar-refractivity contribution in [3.8, 4) is 0 Å². The number of nitro benzene ring substituents is 1. The van der Waals surface area contributed by atoms with Crippen LogP contribution in [-0.4, -0.2) is 44.2 Å². The molecule has 3 heterocycles. The minimum atomic E-state index is -0.573. The fourth-order valence-corrected chi connectivity index (χ4v) is 4.78. The fraction of sp³-hybridized carbons (Fsp3) is 0.304. The van der Waals surface area contributed by atoms with Gasteiger partial charge in [0.05, 0.1) is 4.92 Å². The lowest BCUT2D eigenvalue weighted by Crippen LogP contribution is -2.44. The number of nitrogens with one attached hydrogen (secondary N) is 1. The van der Waals surface area contributed by atoms with Crippen LogP contribution in [-0.2, 0) is 11.2 Å². The smallest absolute Gasteiger partial charge is 0.328 e. The molecule has 2 aliphatic rings. The van der Waals surface area contributed by atoms with Gasteiger partial charge >= 0.3 is 6.03 Å². The molecule has 8 heteroatoms. The number of rotatable bonds is 5. The van der Waals surface area contributed by atoms with Crippen LogP contribution in [0.3, 0.4) is 0 Å². The molecule has 0 aliphatic carbocycles. The molecule has 0 radical (unpaired) electrons. The quantitative estimate of drug-likeness (QED) is 0.382. The number of imide groups is 1. The summed E-state index contributed by atoms with van der Waals surface area (Å²) in [6.45, 7) is 2.43. The minimum Gasteiger partial charge on any atom is -0.356 e. The number of aromatic nitrogens is 1. The van der Waals surface area contributed by atoms with E-state index in [1.807, 2.05) is 31.2 Å². The number of carbonyl (C=O) groups is 2. The molecule has 8 nitrogen and oxygen atoms in total. The average Bonchev–Trinajstić information content (AvgIpc) is 3.26. The number of para-hydroxylation sites is 1. The van der Waals surface area contributed by atoms with Gasteiger partial charge in [-0.05, 0) is 35.7 Å². The Morgan fingerprint density at radius 2 is 1.87 bits per heavy atom. The molecular formula is C23H22N4O4. The summed E-state index contributed by atoms with van der Waals surface area (Å²) in [5.74, 6) is -0.165. The molecule has 1 fully saturated rings. The summed E-state index contributed by atoms with van der Waals surface area (Å²) in [6.07, 6.45) is 2.10. The van der Waals surface area contributed by atoms with Gasteiger partial charge in [-0.1, -0.05) is 31.5 Å². The number of fused-ring (bicyclic) bond motifs is 4. The maximum absolute atomic E-state index is 13.3. The molecule has 0 spiro atoms. The molecule has 1 saturated heterocycles. The zero-order valence-corrected chi connectivity index (χ0v) is 17.1. The third-order valence-corrected chi connectivity index (χ3v) is 6.29. The van der Waals surface area contributed by atoms with Crippen LogP contribution < -0.4 is 0 Å². The van der Waals surface area contributed by atoms with Crippen molar-refractivity contribution in [1.29, 1.82) is 0 Å². The first-order valence-corrected chi connectivity index (χ1v) is 10.5. The van der Waals surface area contributed by atoms with Gasteiger partial charge in [0.2, 0.25) is 0 Å². The number of amides is 3. The molecule has 3 amide bonds. The largest absolute Gasteiger partial charge is 0.356 e. The Bertz CT molecular complexity index is 1200. The van der Waals surface area contributed by atoms with Gasteiger partial charge in [-0.3, -0.25) is 24.7 Å². The molecule has 2 aromatic carbocycles. The standard InChI is InChI=1S/C23H22N4O4/c1-2-3-12-25-22(28)19-13-17-16-6-4-5-7-18(16)24-20(17)21(26(19)23(25)29)14-8-10-15(11-9-14)27(30)31/h4-11,19,21,24H,2-3,12-13H2,1H3/t19-,21+/m0/s1. The van der Waals surface area contributed by atoms with E-state index in [2.05, 4.69) is 4.98 Å². The lowest BCUT2D eigenvalue weighted by molar-refractivity contribution is -0.384. The van der Waals surface area contributed by atoms with Gasteiger partial charge in [0.1, 0.15) is 12.1 Å². The van der Waals surface area contributed by atoms with E-state index in [0.29, 0.717) is 13.0 Å². The van der Waals surface area contributed by atoms with Crippen LogP contribution in [0.25, 0.3) is 10.9 Å². The number of nitro groups is 1. The van der Waals surface area contributed by atoms with Crippen molar-refractivity contribution in [2.24, 2.45) is 0 Å². The molecule has 0 unspecified atom stereocenters. The lowest BCUT2D eigenvalue weighted by Gasteiger charge is -2.36. The van der Waals surface area contributed by atoms with Crippen LogP contribution in [0.15, 0.2) is 48.5 Å². The Morgan fingerprint density at radius 1 is 1.13 bits per heavy atom. The van der Waals surface area contributed by atoms with E-state index in [1.54, 1.807) is 17.0 Å². The highest BCUT2D eigenvalue weighted by molar-refractivity contribution is 6.05. The van der Waals surface area contributed by atoms with Crippen molar-refractivity contribution >= 4 is 28.5 Å². The molecule has 1 N–H and O–H groups in total. The summed E-state index contributed by atoms with van der Waals surface area (Å²) < 4.78 is 0. The molecule has 0 bridgehead atoms. The zero-order valence-electron chi connectivity index (χ0n) is 17.1. The molecular weight excluding hydrogens is 396 g/mol. The molecule has 1 aromatic heterocycles. The number of hydrogen-bond acceptors (Lipinski definition) is 4. The summed E-state index contributed by atoms with van der Waals surface area (Å²) in [4.78, 5) is 43.7. The highest BCUT2D eigenvalue weighted by Crippen LogP contribution is 2.44. The minimum absolute atomic E-state index is 0.0126. The van der Waals surface area contributed by atoms with E-state index in [0.717, 1.165) is 40.6 Å². The zero-order chi connectivity index (χ0) is 21.7. The topological polar surface area (TPSA) is 99.5 Å². The Balaban J connectivity index is 1.66. The molecule has 31 heavy (non-hydrogen) atoms. The number of H-pyrrole nitrogens is 1. The van der Waals surface area contributed by atoms with Crippen LogP contribution in [0.4, 0.5) is 10.5 Å². The predicted molar refractivity (Wildman–Crippen MR) is 115 cm³/mol. The van der Waals surface area contributed by atoms with Gasteiger partial charge in [-0.15, -0.1) is 0 Å². The Morgan fingerprint density at radius 3 is 2.58 bits per heavy atom. The summed E-state index contributed by atoms with van der Waals surface area (Å²) >= 11 is 0. The van der Waals surface area contributed by atoms with Crippen LogP contribution in [0.1, 0.15) is 42.6 Å². The fourth-order valence-electron chi connectivity index (χ4n) is 4.78. The molecule has 0 saturated carbocycles. The van der Waals surface area contributed by atoms with E-state index in [-0.39, 0.29) is 17.6 Å². The number of unbranched alkanes of at least 4 members (excludes halogenated alkanes) is 1. The Labute approximate surface area is 178 Å². The van der Waals surface area contributed by atoms with E-state index >= 15 is 0 Å². The number of nitrogens with zero attached hydrogens (tertiary/aromatic N) is 3.